The van der Waals surface area contributed by atoms with Crippen molar-refractivity contribution in [2.45, 2.75) is 65.7 Å². The minimum atomic E-state index is 0.106. The smallest absolute Gasteiger partial charge is 0.159 e. The van der Waals surface area contributed by atoms with E-state index in [0.29, 0.717) is 35.7 Å². The second-order valence-corrected chi connectivity index (χ2v) is 8.75. The summed E-state index contributed by atoms with van der Waals surface area (Å²) < 4.78 is 0. The highest BCUT2D eigenvalue weighted by atomic mass is 16.1. The maximum Gasteiger partial charge on any atom is 0.159 e. The molecule has 2 heteroatoms. The molecule has 3 unspecified atom stereocenters. The topological polar surface area (TPSA) is 34.1 Å². The highest BCUT2D eigenvalue weighted by Crippen LogP contribution is 2.65. The van der Waals surface area contributed by atoms with Crippen molar-refractivity contribution in [3.8, 4) is 0 Å². The quantitative estimate of drug-likeness (QED) is 0.610. The summed E-state index contributed by atoms with van der Waals surface area (Å²) in [4.78, 5) is 24.4. The molecule has 2 nitrogen and oxygen atoms in total. The molecule has 4 aliphatic rings. The van der Waals surface area contributed by atoms with Crippen LogP contribution in [0.2, 0.25) is 0 Å². The Morgan fingerprint density at radius 1 is 1.04 bits per heavy atom. The Morgan fingerprint density at radius 3 is 2.57 bits per heavy atom. The maximum absolute atomic E-state index is 12.5. The van der Waals surface area contributed by atoms with Crippen LogP contribution in [-0.4, -0.2) is 11.6 Å². The lowest BCUT2D eigenvalue weighted by atomic mass is 9.47. The Bertz CT molecular complexity index is 640. The number of carbonyl (C=O) groups is 2. The summed E-state index contributed by atoms with van der Waals surface area (Å²) in [5.74, 6) is 2.56. The number of hydrogen-bond donors (Lipinski definition) is 0. The monoisotopic (exact) mass is 312 g/mol. The van der Waals surface area contributed by atoms with Crippen LogP contribution in [-0.2, 0) is 9.59 Å². The van der Waals surface area contributed by atoms with Gasteiger partial charge in [0.15, 0.2) is 11.6 Å². The third-order valence-electron chi connectivity index (χ3n) is 7.96. The van der Waals surface area contributed by atoms with Crippen LogP contribution in [0.25, 0.3) is 0 Å². The van der Waals surface area contributed by atoms with Gasteiger partial charge in [-0.1, -0.05) is 25.5 Å². The Balaban J connectivity index is 1.72. The van der Waals surface area contributed by atoms with Gasteiger partial charge in [0, 0.05) is 12.8 Å². The Hall–Kier alpha value is -1.18. The van der Waals surface area contributed by atoms with Crippen molar-refractivity contribution in [2.24, 2.45) is 28.6 Å². The van der Waals surface area contributed by atoms with E-state index in [1.165, 1.54) is 18.4 Å². The van der Waals surface area contributed by atoms with Crippen LogP contribution >= 0.6 is 0 Å². The summed E-state index contributed by atoms with van der Waals surface area (Å²) in [7, 11) is 0. The summed E-state index contributed by atoms with van der Waals surface area (Å²) in [6.45, 7) is 6.77. The number of ketones is 2. The van der Waals surface area contributed by atoms with E-state index in [9.17, 15) is 9.59 Å². The molecule has 4 rings (SSSR count). The van der Waals surface area contributed by atoms with Crippen molar-refractivity contribution in [1.29, 1.82) is 0 Å². The molecule has 4 aliphatic carbocycles. The molecular weight excluding hydrogens is 284 g/mol. The van der Waals surface area contributed by atoms with Crippen LogP contribution in [0.3, 0.4) is 0 Å². The van der Waals surface area contributed by atoms with Crippen LogP contribution in [0.4, 0.5) is 0 Å². The minimum Gasteiger partial charge on any atom is -0.295 e. The SMILES string of the molecule is C/C=C1\C(=O)CC2C3CCC4=CC(=O)CC[C@]4(C)C3CC[C@]12C. The van der Waals surface area contributed by atoms with Gasteiger partial charge in [0.1, 0.15) is 0 Å². The lowest BCUT2D eigenvalue weighted by Crippen LogP contribution is -2.49. The fourth-order valence-corrected chi connectivity index (χ4v) is 6.71. The zero-order valence-electron chi connectivity index (χ0n) is 14.7. The molecule has 0 saturated heterocycles. The molecule has 0 radical (unpaired) electrons. The largest absolute Gasteiger partial charge is 0.295 e. The molecule has 3 fully saturated rings. The van der Waals surface area contributed by atoms with Crippen molar-refractivity contribution in [2.75, 3.05) is 0 Å². The fourth-order valence-electron chi connectivity index (χ4n) is 6.71. The van der Waals surface area contributed by atoms with Gasteiger partial charge < -0.3 is 0 Å². The molecule has 0 aromatic carbocycles. The highest BCUT2D eigenvalue weighted by Gasteiger charge is 2.59. The first-order valence-corrected chi connectivity index (χ1v) is 9.34. The zero-order valence-corrected chi connectivity index (χ0v) is 14.7. The molecule has 124 valence electrons. The van der Waals surface area contributed by atoms with Crippen LogP contribution in [0.5, 0.6) is 0 Å². The molecule has 0 aromatic heterocycles. The standard InChI is InChI=1S/C21H28O2/c1-4-16-19(23)12-18-15-6-5-13-11-14(22)7-9-20(13,2)17(15)8-10-21(16,18)3/h4,11,15,17-18H,5-10,12H2,1-3H3/b16-4+/t15?,17?,18?,20-,21+/m0/s1. The van der Waals surface area contributed by atoms with Gasteiger partial charge in [-0.05, 0) is 79.3 Å². The number of allylic oxidation sites excluding steroid dienone is 3. The van der Waals surface area contributed by atoms with E-state index in [1.807, 2.05) is 13.0 Å². The van der Waals surface area contributed by atoms with E-state index in [2.05, 4.69) is 19.9 Å². The van der Waals surface area contributed by atoms with Crippen molar-refractivity contribution in [3.63, 3.8) is 0 Å². The van der Waals surface area contributed by atoms with Crippen molar-refractivity contribution >= 4 is 11.6 Å². The molecule has 23 heavy (non-hydrogen) atoms. The van der Waals surface area contributed by atoms with Crippen molar-refractivity contribution in [3.05, 3.63) is 23.3 Å². The maximum atomic E-state index is 12.5. The molecule has 0 spiro atoms. The van der Waals surface area contributed by atoms with Gasteiger partial charge in [-0.15, -0.1) is 0 Å². The second kappa shape index (κ2) is 4.91. The fraction of sp³-hybridized carbons (Fsp3) is 0.714. The lowest BCUT2D eigenvalue weighted by Gasteiger charge is -2.57. The molecule has 0 bridgehead atoms. The van der Waals surface area contributed by atoms with E-state index in [0.717, 1.165) is 31.3 Å². The Labute approximate surface area is 139 Å². The number of carbonyl (C=O) groups excluding carboxylic acids is 2. The first-order chi connectivity index (χ1) is 10.9. The van der Waals surface area contributed by atoms with Gasteiger partial charge in [0.2, 0.25) is 0 Å². The lowest BCUT2D eigenvalue weighted by molar-refractivity contribution is -0.117. The molecule has 0 N–H and O–H groups in total. The second-order valence-electron chi connectivity index (χ2n) is 8.75. The highest BCUT2D eigenvalue weighted by molar-refractivity contribution is 5.99. The molecule has 0 aliphatic heterocycles. The van der Waals surface area contributed by atoms with Gasteiger partial charge >= 0.3 is 0 Å². The minimum absolute atomic E-state index is 0.106. The first-order valence-electron chi connectivity index (χ1n) is 9.34. The van der Waals surface area contributed by atoms with Crippen molar-refractivity contribution in [1.82, 2.24) is 0 Å². The predicted octanol–water partition coefficient (Wildman–Crippen LogP) is 4.64. The summed E-state index contributed by atoms with van der Waals surface area (Å²) in [5.41, 5.74) is 2.83. The van der Waals surface area contributed by atoms with Gasteiger partial charge in [0.05, 0.1) is 0 Å². The molecule has 0 heterocycles. The summed E-state index contributed by atoms with van der Waals surface area (Å²) in [5, 5.41) is 0. The Morgan fingerprint density at radius 2 is 1.83 bits per heavy atom. The predicted molar refractivity (Wildman–Crippen MR) is 90.9 cm³/mol. The molecule has 5 atom stereocenters. The molecule has 0 aromatic rings. The van der Waals surface area contributed by atoms with Crippen LogP contribution in [0.1, 0.15) is 65.7 Å². The van der Waals surface area contributed by atoms with E-state index in [4.69, 9.17) is 0 Å². The molecule has 3 saturated carbocycles. The molecular formula is C21H28O2. The van der Waals surface area contributed by atoms with Gasteiger partial charge in [-0.25, -0.2) is 0 Å². The van der Waals surface area contributed by atoms with Gasteiger partial charge in [-0.2, -0.15) is 0 Å². The summed E-state index contributed by atoms with van der Waals surface area (Å²) in [6, 6.07) is 0. The number of fused-ring (bicyclic) bond motifs is 5. The van der Waals surface area contributed by atoms with E-state index < -0.39 is 0 Å². The van der Waals surface area contributed by atoms with Crippen LogP contribution < -0.4 is 0 Å². The summed E-state index contributed by atoms with van der Waals surface area (Å²) >= 11 is 0. The zero-order chi connectivity index (χ0) is 16.4. The normalized spacial score (nSPS) is 47.9. The number of rotatable bonds is 0. The number of Topliss-reactive ketones (excluding diaryl/α,β-unsaturated/α-hetero) is 1. The van der Waals surface area contributed by atoms with Gasteiger partial charge in [0.25, 0.3) is 0 Å². The third kappa shape index (κ3) is 1.93. The van der Waals surface area contributed by atoms with Crippen LogP contribution in [0.15, 0.2) is 23.3 Å². The Kier molecular flexibility index (Phi) is 3.28. The van der Waals surface area contributed by atoms with E-state index >= 15 is 0 Å². The average molecular weight is 312 g/mol. The van der Waals surface area contributed by atoms with Gasteiger partial charge in [-0.3, -0.25) is 9.59 Å². The van der Waals surface area contributed by atoms with Crippen LogP contribution in [0, 0.1) is 28.6 Å². The van der Waals surface area contributed by atoms with E-state index in [-0.39, 0.29) is 10.8 Å². The number of hydrogen-bond acceptors (Lipinski definition) is 2. The van der Waals surface area contributed by atoms with Crippen molar-refractivity contribution < 1.29 is 9.59 Å². The molecule has 0 amide bonds. The third-order valence-corrected chi connectivity index (χ3v) is 7.96. The summed E-state index contributed by atoms with van der Waals surface area (Å²) in [6.07, 6.45) is 11.1. The first kappa shape index (κ1) is 15.4. The average Bonchev–Trinajstić information content (AvgIpc) is 2.77. The van der Waals surface area contributed by atoms with E-state index in [1.54, 1.807) is 0 Å².